The Morgan fingerprint density at radius 1 is 1.19 bits per heavy atom. The molecule has 2 aromatic carbocycles. The highest BCUT2D eigenvalue weighted by molar-refractivity contribution is 5.94. The van der Waals surface area contributed by atoms with E-state index < -0.39 is 11.9 Å². The molecular weight excluding hydrogens is 270 g/mol. The smallest absolute Gasteiger partial charge is 0.318 e. The predicted molar refractivity (Wildman–Crippen MR) is 79.9 cm³/mol. The second-order valence-corrected chi connectivity index (χ2v) is 4.49. The summed E-state index contributed by atoms with van der Waals surface area (Å²) in [6.45, 7) is 0.339. The van der Waals surface area contributed by atoms with Crippen LogP contribution in [0.15, 0.2) is 36.4 Å². The molecule has 0 saturated heterocycles. The van der Waals surface area contributed by atoms with Gasteiger partial charge in [0, 0.05) is 12.1 Å². The van der Waals surface area contributed by atoms with Crippen LogP contribution in [0.25, 0.3) is 10.8 Å². The molecule has 110 valence electrons. The van der Waals surface area contributed by atoms with E-state index in [9.17, 15) is 9.59 Å². The zero-order chi connectivity index (χ0) is 15.2. The van der Waals surface area contributed by atoms with Crippen LogP contribution in [0.2, 0.25) is 0 Å². The Kier molecular flexibility index (Phi) is 4.73. The van der Waals surface area contributed by atoms with Crippen molar-refractivity contribution in [3.05, 3.63) is 42.0 Å². The number of urea groups is 1. The number of amides is 3. The van der Waals surface area contributed by atoms with Crippen LogP contribution in [0.4, 0.5) is 4.79 Å². The van der Waals surface area contributed by atoms with Crippen LogP contribution in [-0.2, 0) is 11.3 Å². The summed E-state index contributed by atoms with van der Waals surface area (Å²) < 4.78 is 5.50. The number of rotatable bonds is 5. The molecule has 0 aliphatic heterocycles. The van der Waals surface area contributed by atoms with Gasteiger partial charge in [-0.25, -0.2) is 4.79 Å². The monoisotopic (exact) mass is 287 g/mol. The van der Waals surface area contributed by atoms with E-state index in [1.54, 1.807) is 0 Å². The van der Waals surface area contributed by atoms with Gasteiger partial charge in [0.25, 0.3) is 5.91 Å². The Morgan fingerprint density at radius 3 is 2.67 bits per heavy atom. The molecular formula is C15H17N3O3. The first-order valence-electron chi connectivity index (χ1n) is 6.49. The highest BCUT2D eigenvalue weighted by Gasteiger charge is 2.10. The van der Waals surface area contributed by atoms with Gasteiger partial charge in [0.1, 0.15) is 5.75 Å². The van der Waals surface area contributed by atoms with Crippen molar-refractivity contribution in [2.45, 2.75) is 6.54 Å². The van der Waals surface area contributed by atoms with Crippen LogP contribution < -0.4 is 21.1 Å². The molecule has 21 heavy (non-hydrogen) atoms. The highest BCUT2D eigenvalue weighted by Crippen LogP contribution is 2.28. The Labute approximate surface area is 122 Å². The largest absolute Gasteiger partial charge is 0.483 e. The number of hydrogen-bond donors (Lipinski definition) is 3. The number of primary amides is 1. The minimum atomic E-state index is -0.891. The topological polar surface area (TPSA) is 93.4 Å². The van der Waals surface area contributed by atoms with E-state index in [0.717, 1.165) is 16.3 Å². The fourth-order valence-electron chi connectivity index (χ4n) is 2.13. The Bertz CT molecular complexity index is 670. The molecule has 6 nitrogen and oxygen atoms in total. The summed E-state index contributed by atoms with van der Waals surface area (Å²) in [5, 5.41) is 7.19. The van der Waals surface area contributed by atoms with E-state index in [1.165, 1.54) is 0 Å². The number of benzene rings is 2. The van der Waals surface area contributed by atoms with Crippen molar-refractivity contribution in [2.24, 2.45) is 5.73 Å². The third-order valence-corrected chi connectivity index (χ3v) is 2.97. The van der Waals surface area contributed by atoms with E-state index in [2.05, 4.69) is 5.32 Å². The number of imide groups is 1. The molecule has 2 rings (SSSR count). The lowest BCUT2D eigenvalue weighted by molar-refractivity contribution is -0.121. The van der Waals surface area contributed by atoms with Gasteiger partial charge in [0.2, 0.25) is 0 Å². The molecule has 0 saturated carbocycles. The zero-order valence-corrected chi connectivity index (χ0v) is 11.7. The van der Waals surface area contributed by atoms with Gasteiger partial charge in [-0.3, -0.25) is 10.1 Å². The number of hydrogen-bond acceptors (Lipinski definition) is 4. The zero-order valence-electron chi connectivity index (χ0n) is 11.7. The van der Waals surface area contributed by atoms with Gasteiger partial charge in [-0.15, -0.1) is 0 Å². The summed E-state index contributed by atoms with van der Waals surface area (Å²) in [4.78, 5) is 22.0. The molecule has 0 radical (unpaired) electrons. The average Bonchev–Trinajstić information content (AvgIpc) is 2.46. The molecule has 0 fully saturated rings. The molecule has 2 aromatic rings. The fourth-order valence-corrected chi connectivity index (χ4v) is 2.13. The number of carbonyl (C=O) groups is 2. The van der Waals surface area contributed by atoms with Gasteiger partial charge in [-0.2, -0.15) is 0 Å². The summed E-state index contributed by atoms with van der Waals surface area (Å²) in [6, 6.07) is 10.8. The quantitative estimate of drug-likeness (QED) is 0.768. The number of nitrogens with two attached hydrogens (primary N) is 1. The molecule has 4 N–H and O–H groups in total. The fraction of sp³-hybridized carbons (Fsp3) is 0.200. The summed E-state index contributed by atoms with van der Waals surface area (Å²) in [7, 11) is 1.84. The maximum atomic E-state index is 11.4. The Hall–Kier alpha value is -2.60. The molecule has 0 unspecified atom stereocenters. The third kappa shape index (κ3) is 3.70. The Morgan fingerprint density at radius 2 is 1.95 bits per heavy atom. The summed E-state index contributed by atoms with van der Waals surface area (Å²) in [6.07, 6.45) is 0. The van der Waals surface area contributed by atoms with E-state index in [0.29, 0.717) is 12.3 Å². The van der Waals surface area contributed by atoms with E-state index in [4.69, 9.17) is 10.5 Å². The lowest BCUT2D eigenvalue weighted by Gasteiger charge is -2.13. The van der Waals surface area contributed by atoms with Gasteiger partial charge in [0.15, 0.2) is 6.61 Å². The van der Waals surface area contributed by atoms with Crippen LogP contribution in [0.1, 0.15) is 5.56 Å². The van der Waals surface area contributed by atoms with Crippen molar-refractivity contribution in [3.8, 4) is 5.75 Å². The molecule has 6 heteroatoms. The first-order valence-corrected chi connectivity index (χ1v) is 6.49. The number of carbonyl (C=O) groups excluding carboxylic acids is 2. The highest BCUT2D eigenvalue weighted by atomic mass is 16.5. The number of fused-ring (bicyclic) bond motifs is 1. The molecule has 0 aliphatic carbocycles. The van der Waals surface area contributed by atoms with Crippen LogP contribution in [0, 0.1) is 0 Å². The molecule has 0 heterocycles. The summed E-state index contributed by atoms with van der Waals surface area (Å²) >= 11 is 0. The van der Waals surface area contributed by atoms with Gasteiger partial charge >= 0.3 is 6.03 Å². The lowest BCUT2D eigenvalue weighted by atomic mass is 10.0. The van der Waals surface area contributed by atoms with E-state index in [1.807, 2.05) is 48.8 Å². The van der Waals surface area contributed by atoms with Gasteiger partial charge in [-0.1, -0.05) is 30.3 Å². The third-order valence-electron chi connectivity index (χ3n) is 2.97. The van der Waals surface area contributed by atoms with Crippen LogP contribution in [-0.4, -0.2) is 25.6 Å². The van der Waals surface area contributed by atoms with Crippen molar-refractivity contribution >= 4 is 22.7 Å². The van der Waals surface area contributed by atoms with Crippen molar-refractivity contribution in [3.63, 3.8) is 0 Å². The van der Waals surface area contributed by atoms with Crippen LogP contribution in [0.5, 0.6) is 5.75 Å². The standard InChI is InChI=1S/C15H17N3O3/c1-17-8-12-11-5-3-2-4-10(11)6-7-13(12)21-9-14(19)18-15(16)20/h2-7,17H,8-9H2,1H3,(H3,16,18,19,20). The first kappa shape index (κ1) is 14.8. The molecule has 0 spiro atoms. The van der Waals surface area contributed by atoms with Crippen molar-refractivity contribution in [1.29, 1.82) is 0 Å². The van der Waals surface area contributed by atoms with Crippen molar-refractivity contribution < 1.29 is 14.3 Å². The molecule has 0 aromatic heterocycles. The van der Waals surface area contributed by atoms with Gasteiger partial charge in [0.05, 0.1) is 0 Å². The maximum absolute atomic E-state index is 11.4. The first-order chi connectivity index (χ1) is 10.1. The second-order valence-electron chi connectivity index (χ2n) is 4.49. The molecule has 0 atom stereocenters. The van der Waals surface area contributed by atoms with Crippen LogP contribution in [0.3, 0.4) is 0 Å². The minimum Gasteiger partial charge on any atom is -0.483 e. The van der Waals surface area contributed by atoms with Crippen molar-refractivity contribution in [2.75, 3.05) is 13.7 Å². The Balaban J connectivity index is 2.24. The van der Waals surface area contributed by atoms with Crippen LogP contribution >= 0.6 is 0 Å². The minimum absolute atomic E-state index is 0.266. The molecule has 0 aliphatic rings. The van der Waals surface area contributed by atoms with E-state index >= 15 is 0 Å². The van der Waals surface area contributed by atoms with Gasteiger partial charge in [-0.05, 0) is 23.9 Å². The maximum Gasteiger partial charge on any atom is 0.318 e. The lowest BCUT2D eigenvalue weighted by Crippen LogP contribution is -2.38. The normalized spacial score (nSPS) is 10.3. The predicted octanol–water partition coefficient (Wildman–Crippen LogP) is 1.13. The molecule has 3 amide bonds. The summed E-state index contributed by atoms with van der Waals surface area (Å²) in [5.74, 6) is 0.0220. The number of nitrogens with one attached hydrogen (secondary N) is 2. The molecule has 0 bridgehead atoms. The summed E-state index contributed by atoms with van der Waals surface area (Å²) in [5.41, 5.74) is 5.84. The SMILES string of the molecule is CNCc1c(OCC(=O)NC(N)=O)ccc2ccccc12. The van der Waals surface area contributed by atoms with Gasteiger partial charge < -0.3 is 15.8 Å². The average molecular weight is 287 g/mol. The van der Waals surface area contributed by atoms with E-state index in [-0.39, 0.29) is 6.61 Å². The number of ether oxygens (including phenoxy) is 1. The van der Waals surface area contributed by atoms with Crippen molar-refractivity contribution in [1.82, 2.24) is 10.6 Å². The second kappa shape index (κ2) is 6.71.